The van der Waals surface area contributed by atoms with Crippen molar-refractivity contribution in [1.29, 1.82) is 0 Å². The lowest BCUT2D eigenvalue weighted by Gasteiger charge is -2.29. The maximum atomic E-state index is 6.10. The normalized spacial score (nSPS) is 20.0. The minimum Gasteiger partial charge on any atom is -0.242 e. The molecule has 1 fully saturated rings. The highest BCUT2D eigenvalue weighted by Gasteiger charge is 2.22. The lowest BCUT2D eigenvalue weighted by Crippen LogP contribution is -2.13. The molecule has 0 saturated heterocycles. The Hall–Kier alpha value is -1.05. The molecule has 0 amide bonds. The van der Waals surface area contributed by atoms with Gasteiger partial charge in [-0.25, -0.2) is 4.98 Å². The molecule has 0 atom stereocenters. The van der Waals surface area contributed by atoms with Crippen LogP contribution < -0.4 is 0 Å². The van der Waals surface area contributed by atoms with Crippen molar-refractivity contribution in [2.24, 2.45) is 5.92 Å². The Morgan fingerprint density at radius 3 is 2.26 bits per heavy atom. The van der Waals surface area contributed by atoms with Gasteiger partial charge in [-0.3, -0.25) is 0 Å². The van der Waals surface area contributed by atoms with Crippen LogP contribution >= 0.6 is 23.2 Å². The first kappa shape index (κ1) is 20.7. The summed E-state index contributed by atoms with van der Waals surface area (Å²) in [5.41, 5.74) is 3.64. The molecule has 27 heavy (non-hydrogen) atoms. The van der Waals surface area contributed by atoms with Crippen molar-refractivity contribution in [1.82, 2.24) is 4.98 Å². The molecule has 1 heterocycles. The molecule has 146 valence electrons. The van der Waals surface area contributed by atoms with Crippen LogP contribution in [-0.2, 0) is 0 Å². The first-order valence-corrected chi connectivity index (χ1v) is 11.3. The van der Waals surface area contributed by atoms with Gasteiger partial charge < -0.3 is 0 Å². The zero-order valence-corrected chi connectivity index (χ0v) is 17.9. The number of rotatable bonds is 8. The summed E-state index contributed by atoms with van der Waals surface area (Å²) in [5.74, 6) is 1.69. The van der Waals surface area contributed by atoms with Gasteiger partial charge in [0.15, 0.2) is 0 Å². The van der Waals surface area contributed by atoms with E-state index < -0.39 is 0 Å². The van der Waals surface area contributed by atoms with E-state index in [9.17, 15) is 0 Å². The largest absolute Gasteiger partial charge is 0.242 e. The predicted octanol–water partition coefficient (Wildman–Crippen LogP) is 8.69. The molecule has 0 spiro atoms. The minimum absolute atomic E-state index is 0.360. The Bertz CT molecular complexity index is 703. The number of hydrogen-bond acceptors (Lipinski definition) is 1. The van der Waals surface area contributed by atoms with Gasteiger partial charge in [0.05, 0.1) is 5.02 Å². The van der Waals surface area contributed by atoms with Crippen LogP contribution in [0.2, 0.25) is 10.2 Å². The molecule has 0 aliphatic heterocycles. The molecule has 1 aliphatic rings. The Balaban J connectivity index is 1.49. The Morgan fingerprint density at radius 1 is 0.889 bits per heavy atom. The van der Waals surface area contributed by atoms with Crippen molar-refractivity contribution in [2.45, 2.75) is 77.0 Å². The SMILES string of the molecule is CCCCCCC[C@H]1CC[C@H](c2ccc(-c3cnc(Cl)c(Cl)c3)cc2)CC1. The van der Waals surface area contributed by atoms with Crippen LogP contribution in [0, 0.1) is 5.92 Å². The summed E-state index contributed by atoms with van der Waals surface area (Å²) in [6.07, 6.45) is 15.7. The summed E-state index contributed by atoms with van der Waals surface area (Å²) in [5, 5.41) is 0.866. The second kappa shape index (κ2) is 10.5. The smallest absolute Gasteiger partial charge is 0.147 e. The molecule has 0 bridgehead atoms. The van der Waals surface area contributed by atoms with Gasteiger partial charge in [0.2, 0.25) is 0 Å². The Kier molecular flexibility index (Phi) is 8.03. The van der Waals surface area contributed by atoms with Crippen LogP contribution in [-0.4, -0.2) is 4.98 Å². The monoisotopic (exact) mass is 403 g/mol. The van der Waals surface area contributed by atoms with Crippen LogP contribution in [0.5, 0.6) is 0 Å². The van der Waals surface area contributed by atoms with E-state index in [1.54, 1.807) is 6.20 Å². The summed E-state index contributed by atoms with van der Waals surface area (Å²) >= 11 is 12.0. The lowest BCUT2D eigenvalue weighted by molar-refractivity contribution is 0.302. The zero-order chi connectivity index (χ0) is 19.1. The molecule has 3 rings (SSSR count). The molecule has 2 aromatic rings. The number of pyridine rings is 1. The quantitative estimate of drug-likeness (QED) is 0.317. The molecule has 1 aromatic carbocycles. The number of halogens is 2. The van der Waals surface area contributed by atoms with E-state index >= 15 is 0 Å². The van der Waals surface area contributed by atoms with Crippen molar-refractivity contribution in [2.75, 3.05) is 0 Å². The van der Waals surface area contributed by atoms with E-state index in [1.165, 1.54) is 69.8 Å². The van der Waals surface area contributed by atoms with Gasteiger partial charge >= 0.3 is 0 Å². The number of unbranched alkanes of at least 4 members (excludes halogenated alkanes) is 4. The molecule has 1 nitrogen and oxygen atoms in total. The molecule has 1 aliphatic carbocycles. The average molecular weight is 404 g/mol. The van der Waals surface area contributed by atoms with Crippen molar-refractivity contribution in [3.05, 3.63) is 52.3 Å². The summed E-state index contributed by atoms with van der Waals surface area (Å²) in [7, 11) is 0. The highest BCUT2D eigenvalue weighted by molar-refractivity contribution is 6.41. The summed E-state index contributed by atoms with van der Waals surface area (Å²) in [6, 6.07) is 10.8. The molecule has 1 saturated carbocycles. The van der Waals surface area contributed by atoms with Gasteiger partial charge in [-0.1, -0.05) is 92.9 Å². The molecule has 0 radical (unpaired) electrons. The maximum Gasteiger partial charge on any atom is 0.147 e. The molecular weight excluding hydrogens is 373 g/mol. The van der Waals surface area contributed by atoms with Gasteiger partial charge in [0.1, 0.15) is 5.15 Å². The van der Waals surface area contributed by atoms with Gasteiger partial charge in [0, 0.05) is 11.8 Å². The molecule has 3 heteroatoms. The third-order valence-corrected chi connectivity index (χ3v) is 6.76. The second-order valence-electron chi connectivity index (χ2n) is 8.04. The molecule has 1 aromatic heterocycles. The number of nitrogens with zero attached hydrogens (tertiary/aromatic N) is 1. The van der Waals surface area contributed by atoms with Crippen molar-refractivity contribution in [3.63, 3.8) is 0 Å². The van der Waals surface area contributed by atoms with Gasteiger partial charge in [-0.15, -0.1) is 0 Å². The van der Waals surface area contributed by atoms with Gasteiger partial charge in [0.25, 0.3) is 0 Å². The zero-order valence-electron chi connectivity index (χ0n) is 16.4. The third-order valence-electron chi connectivity index (χ3n) is 6.07. The first-order valence-electron chi connectivity index (χ1n) is 10.6. The lowest BCUT2D eigenvalue weighted by atomic mass is 9.77. The van der Waals surface area contributed by atoms with E-state index in [4.69, 9.17) is 23.2 Å². The van der Waals surface area contributed by atoms with E-state index in [1.807, 2.05) is 6.07 Å². The maximum absolute atomic E-state index is 6.10. The van der Waals surface area contributed by atoms with E-state index in [-0.39, 0.29) is 0 Å². The van der Waals surface area contributed by atoms with Crippen LogP contribution in [0.25, 0.3) is 11.1 Å². The highest BCUT2D eigenvalue weighted by Crippen LogP contribution is 2.38. The standard InChI is InChI=1S/C24H31Cl2N/c1-2-3-4-5-6-7-18-8-10-19(11-9-18)20-12-14-21(15-13-20)22-16-23(25)24(26)27-17-22/h12-19H,2-11H2,1H3/t18-,19-. The van der Waals surface area contributed by atoms with Crippen molar-refractivity contribution < 1.29 is 0 Å². The van der Waals surface area contributed by atoms with Crippen LogP contribution in [0.3, 0.4) is 0 Å². The van der Waals surface area contributed by atoms with Crippen LogP contribution in [0.15, 0.2) is 36.5 Å². The van der Waals surface area contributed by atoms with Crippen LogP contribution in [0.4, 0.5) is 0 Å². The van der Waals surface area contributed by atoms with Gasteiger partial charge in [-0.2, -0.15) is 0 Å². The fourth-order valence-corrected chi connectivity index (χ4v) is 4.62. The fourth-order valence-electron chi connectivity index (χ4n) is 4.35. The van der Waals surface area contributed by atoms with E-state index in [0.29, 0.717) is 10.2 Å². The molecule has 0 N–H and O–H groups in total. The average Bonchev–Trinajstić information content (AvgIpc) is 2.71. The van der Waals surface area contributed by atoms with E-state index in [2.05, 4.69) is 36.2 Å². The Morgan fingerprint density at radius 2 is 1.59 bits per heavy atom. The van der Waals surface area contributed by atoms with Crippen molar-refractivity contribution >= 4 is 23.2 Å². The highest BCUT2D eigenvalue weighted by atomic mass is 35.5. The second-order valence-corrected chi connectivity index (χ2v) is 8.80. The van der Waals surface area contributed by atoms with Gasteiger partial charge in [-0.05, 0) is 54.7 Å². The van der Waals surface area contributed by atoms with Crippen LogP contribution in [0.1, 0.15) is 82.6 Å². The summed E-state index contributed by atoms with van der Waals surface area (Å²) in [6.45, 7) is 2.29. The van der Waals surface area contributed by atoms with E-state index in [0.717, 1.165) is 23.0 Å². The third kappa shape index (κ3) is 5.96. The number of hydrogen-bond donors (Lipinski definition) is 0. The first-order chi connectivity index (χ1) is 13.2. The Labute approximate surface area is 174 Å². The number of aromatic nitrogens is 1. The number of benzene rings is 1. The topological polar surface area (TPSA) is 12.9 Å². The summed E-state index contributed by atoms with van der Waals surface area (Å²) in [4.78, 5) is 4.15. The fraction of sp³-hybridized carbons (Fsp3) is 0.542. The molecular formula is C24H31Cl2N. The summed E-state index contributed by atoms with van der Waals surface area (Å²) < 4.78 is 0. The predicted molar refractivity (Wildman–Crippen MR) is 118 cm³/mol. The minimum atomic E-state index is 0.360. The van der Waals surface area contributed by atoms with Crippen molar-refractivity contribution in [3.8, 4) is 11.1 Å². The molecule has 0 unspecified atom stereocenters.